The Bertz CT molecular complexity index is 587. The molecule has 4 nitrogen and oxygen atoms in total. The van der Waals surface area contributed by atoms with E-state index in [2.05, 4.69) is 20.8 Å². The lowest BCUT2D eigenvalue weighted by Gasteiger charge is -2.33. The minimum atomic E-state index is -3.51. The maximum atomic E-state index is 12.6. The van der Waals surface area contributed by atoms with Crippen LogP contribution in [0, 0.1) is 5.92 Å². The predicted octanol–water partition coefficient (Wildman–Crippen LogP) is 2.38. The van der Waals surface area contributed by atoms with E-state index in [0.717, 1.165) is 5.56 Å². The smallest absolute Gasteiger partial charge is 0.243 e. The van der Waals surface area contributed by atoms with E-state index in [0.29, 0.717) is 17.9 Å². The Labute approximate surface area is 127 Å². The molecule has 0 radical (unpaired) electrons. The molecule has 0 bridgehead atoms. The quantitative estimate of drug-likeness (QED) is 0.912. The van der Waals surface area contributed by atoms with E-state index in [9.17, 15) is 13.5 Å². The number of rotatable bonds is 2. The van der Waals surface area contributed by atoms with Crippen molar-refractivity contribution in [2.75, 3.05) is 13.1 Å². The number of hydrogen-bond acceptors (Lipinski definition) is 3. The van der Waals surface area contributed by atoms with Crippen LogP contribution in [0.25, 0.3) is 0 Å². The standard InChI is InChI=1S/C16H25NO3S/c1-12-9-10-17(11-15(12)18)21(19,20)14-7-5-13(6-8-14)16(2,3)4/h5-8,12,15,18H,9-11H2,1-4H3. The summed E-state index contributed by atoms with van der Waals surface area (Å²) in [5.41, 5.74) is 1.10. The summed E-state index contributed by atoms with van der Waals surface area (Å²) < 4.78 is 26.6. The summed E-state index contributed by atoms with van der Waals surface area (Å²) in [6, 6.07) is 7.08. The van der Waals surface area contributed by atoms with Gasteiger partial charge in [-0.15, -0.1) is 0 Å². The zero-order valence-corrected chi connectivity index (χ0v) is 14.0. The summed E-state index contributed by atoms with van der Waals surface area (Å²) in [4.78, 5) is 0.303. The number of aliphatic hydroxyl groups excluding tert-OH is 1. The summed E-state index contributed by atoms with van der Waals surface area (Å²) in [6.45, 7) is 8.90. The molecule has 0 spiro atoms. The summed E-state index contributed by atoms with van der Waals surface area (Å²) in [5, 5.41) is 9.90. The Morgan fingerprint density at radius 3 is 2.24 bits per heavy atom. The molecule has 1 saturated heterocycles. The van der Waals surface area contributed by atoms with Crippen molar-refractivity contribution in [3.05, 3.63) is 29.8 Å². The molecule has 2 unspecified atom stereocenters. The third-order valence-corrected chi connectivity index (χ3v) is 6.12. The fraction of sp³-hybridized carbons (Fsp3) is 0.625. The molecule has 2 rings (SSSR count). The second-order valence-corrected chi connectivity index (χ2v) is 8.91. The normalized spacial score (nSPS) is 25.0. The molecule has 0 saturated carbocycles. The van der Waals surface area contributed by atoms with Gasteiger partial charge < -0.3 is 5.11 Å². The van der Waals surface area contributed by atoms with Crippen molar-refractivity contribution in [2.24, 2.45) is 5.92 Å². The first-order valence-electron chi connectivity index (χ1n) is 7.41. The Balaban J connectivity index is 2.24. The van der Waals surface area contributed by atoms with Gasteiger partial charge >= 0.3 is 0 Å². The van der Waals surface area contributed by atoms with Crippen molar-refractivity contribution in [2.45, 2.75) is 50.5 Å². The molecular weight excluding hydrogens is 286 g/mol. The van der Waals surface area contributed by atoms with Crippen molar-refractivity contribution < 1.29 is 13.5 Å². The average Bonchev–Trinajstić information content (AvgIpc) is 2.41. The fourth-order valence-electron chi connectivity index (χ4n) is 2.51. The van der Waals surface area contributed by atoms with Gasteiger partial charge in [0.25, 0.3) is 0 Å². The Hall–Kier alpha value is -0.910. The number of aliphatic hydroxyl groups is 1. The first-order chi connectivity index (χ1) is 9.62. The lowest BCUT2D eigenvalue weighted by atomic mass is 9.87. The third-order valence-electron chi connectivity index (χ3n) is 4.24. The number of nitrogens with zero attached hydrogens (tertiary/aromatic N) is 1. The van der Waals surface area contributed by atoms with Crippen LogP contribution in [-0.2, 0) is 15.4 Å². The minimum Gasteiger partial charge on any atom is -0.391 e. The highest BCUT2D eigenvalue weighted by Crippen LogP contribution is 2.27. The number of piperidine rings is 1. The van der Waals surface area contributed by atoms with Gasteiger partial charge in [-0.1, -0.05) is 39.8 Å². The largest absolute Gasteiger partial charge is 0.391 e. The van der Waals surface area contributed by atoms with Crippen LogP contribution in [0.3, 0.4) is 0 Å². The van der Waals surface area contributed by atoms with E-state index in [1.165, 1.54) is 4.31 Å². The number of sulfonamides is 1. The highest BCUT2D eigenvalue weighted by molar-refractivity contribution is 7.89. The van der Waals surface area contributed by atoms with E-state index in [1.807, 2.05) is 19.1 Å². The van der Waals surface area contributed by atoms with Gasteiger partial charge in [-0.05, 0) is 35.4 Å². The van der Waals surface area contributed by atoms with Gasteiger partial charge in [0.1, 0.15) is 0 Å². The molecule has 1 aliphatic rings. The monoisotopic (exact) mass is 311 g/mol. The summed E-state index contributed by atoms with van der Waals surface area (Å²) in [7, 11) is -3.51. The Kier molecular flexibility index (Phi) is 4.47. The number of hydrogen-bond donors (Lipinski definition) is 1. The molecule has 1 aromatic rings. The third kappa shape index (κ3) is 3.47. The van der Waals surface area contributed by atoms with Crippen molar-refractivity contribution in [3.63, 3.8) is 0 Å². The van der Waals surface area contributed by atoms with E-state index in [4.69, 9.17) is 0 Å². The van der Waals surface area contributed by atoms with Crippen LogP contribution >= 0.6 is 0 Å². The topological polar surface area (TPSA) is 57.6 Å². The van der Waals surface area contributed by atoms with Gasteiger partial charge in [0.2, 0.25) is 10.0 Å². The van der Waals surface area contributed by atoms with Crippen LogP contribution in [0.4, 0.5) is 0 Å². The molecule has 0 aromatic heterocycles. The van der Waals surface area contributed by atoms with E-state index >= 15 is 0 Å². The van der Waals surface area contributed by atoms with E-state index in [1.54, 1.807) is 12.1 Å². The van der Waals surface area contributed by atoms with Crippen molar-refractivity contribution in [1.82, 2.24) is 4.31 Å². The van der Waals surface area contributed by atoms with Crippen LogP contribution < -0.4 is 0 Å². The first kappa shape index (κ1) is 16.5. The first-order valence-corrected chi connectivity index (χ1v) is 8.85. The molecule has 0 amide bonds. The summed E-state index contributed by atoms with van der Waals surface area (Å²) >= 11 is 0. The SMILES string of the molecule is CC1CCN(S(=O)(=O)c2ccc(C(C)(C)C)cc2)CC1O. The Morgan fingerprint density at radius 2 is 1.76 bits per heavy atom. The number of β-amino-alcohol motifs (C(OH)–C–C–N with tert-alkyl or cyclic N) is 1. The van der Waals surface area contributed by atoms with Crippen molar-refractivity contribution in [1.29, 1.82) is 0 Å². The second kappa shape index (κ2) is 5.71. The zero-order valence-electron chi connectivity index (χ0n) is 13.2. The molecule has 1 heterocycles. The predicted molar refractivity (Wildman–Crippen MR) is 83.7 cm³/mol. The summed E-state index contributed by atoms with van der Waals surface area (Å²) in [5.74, 6) is 0.153. The Morgan fingerprint density at radius 1 is 1.19 bits per heavy atom. The lowest BCUT2D eigenvalue weighted by molar-refractivity contribution is 0.0605. The second-order valence-electron chi connectivity index (χ2n) is 6.97. The fourth-order valence-corrected chi connectivity index (χ4v) is 3.99. The molecule has 118 valence electrons. The molecule has 5 heteroatoms. The van der Waals surface area contributed by atoms with Crippen molar-refractivity contribution >= 4 is 10.0 Å². The van der Waals surface area contributed by atoms with E-state index in [-0.39, 0.29) is 17.9 Å². The van der Waals surface area contributed by atoms with E-state index < -0.39 is 16.1 Å². The van der Waals surface area contributed by atoms with Crippen LogP contribution in [0.1, 0.15) is 39.7 Å². The maximum Gasteiger partial charge on any atom is 0.243 e. The molecular formula is C16H25NO3S. The molecule has 2 atom stereocenters. The van der Waals surface area contributed by atoms with Gasteiger partial charge in [0.15, 0.2) is 0 Å². The van der Waals surface area contributed by atoms with Gasteiger partial charge in [0, 0.05) is 13.1 Å². The minimum absolute atomic E-state index is 0.000950. The van der Waals surface area contributed by atoms with Gasteiger partial charge in [-0.25, -0.2) is 8.42 Å². The molecule has 0 aliphatic carbocycles. The number of benzene rings is 1. The van der Waals surface area contributed by atoms with Crippen LogP contribution in [-0.4, -0.2) is 37.0 Å². The van der Waals surface area contributed by atoms with Gasteiger partial charge in [0.05, 0.1) is 11.0 Å². The molecule has 21 heavy (non-hydrogen) atoms. The van der Waals surface area contributed by atoms with Crippen LogP contribution in [0.15, 0.2) is 29.2 Å². The molecule has 1 aliphatic heterocycles. The maximum absolute atomic E-state index is 12.6. The highest BCUT2D eigenvalue weighted by Gasteiger charge is 2.32. The highest BCUT2D eigenvalue weighted by atomic mass is 32.2. The molecule has 1 N–H and O–H groups in total. The molecule has 1 fully saturated rings. The van der Waals surface area contributed by atoms with Crippen molar-refractivity contribution in [3.8, 4) is 0 Å². The van der Waals surface area contributed by atoms with Gasteiger partial charge in [-0.3, -0.25) is 0 Å². The lowest BCUT2D eigenvalue weighted by Crippen LogP contribution is -2.45. The average molecular weight is 311 g/mol. The zero-order chi connectivity index (χ0) is 15.8. The van der Waals surface area contributed by atoms with Crippen LogP contribution in [0.5, 0.6) is 0 Å². The molecule has 1 aromatic carbocycles. The van der Waals surface area contributed by atoms with Crippen LogP contribution in [0.2, 0.25) is 0 Å². The summed E-state index contributed by atoms with van der Waals surface area (Å²) in [6.07, 6.45) is 0.114. The van der Waals surface area contributed by atoms with Gasteiger partial charge in [-0.2, -0.15) is 4.31 Å².